The zero-order valence-electron chi connectivity index (χ0n) is 15.1. The van der Waals surface area contributed by atoms with E-state index in [1.807, 2.05) is 37.3 Å². The minimum absolute atomic E-state index is 0.0787. The van der Waals surface area contributed by atoms with Gasteiger partial charge in [0.2, 0.25) is 5.91 Å². The molecule has 1 amide bonds. The number of likely N-dealkylation sites (N-methyl/N-ethyl adjacent to an activating group) is 1. The first-order valence-electron chi connectivity index (χ1n) is 8.66. The zero-order chi connectivity index (χ0) is 17.5. The Kier molecular flexibility index (Phi) is 6.62. The molecule has 0 aliphatic rings. The smallest absolute Gasteiger partial charge is 0.227 e. The third-order valence-electron chi connectivity index (χ3n) is 4.59. The number of methoxy groups -OCH3 is 1. The van der Waals surface area contributed by atoms with Crippen LogP contribution in [0.1, 0.15) is 32.3 Å². The normalized spacial score (nSPS) is 12.4. The molecule has 2 aromatic rings. The van der Waals surface area contributed by atoms with E-state index in [0.717, 1.165) is 41.7 Å². The van der Waals surface area contributed by atoms with Crippen LogP contribution in [-0.4, -0.2) is 44.1 Å². The maximum absolute atomic E-state index is 12.4. The average molecular weight is 328 g/mol. The Labute approximate surface area is 144 Å². The van der Waals surface area contributed by atoms with E-state index >= 15 is 0 Å². The van der Waals surface area contributed by atoms with E-state index in [1.54, 1.807) is 7.11 Å². The number of hydrogen-bond acceptors (Lipinski definition) is 3. The molecule has 130 valence electrons. The van der Waals surface area contributed by atoms with Crippen molar-refractivity contribution >= 4 is 16.7 Å². The van der Waals surface area contributed by atoms with Crippen molar-refractivity contribution in [3.05, 3.63) is 42.0 Å². The molecule has 0 radical (unpaired) electrons. The molecule has 1 N–H and O–H groups in total. The van der Waals surface area contributed by atoms with Gasteiger partial charge in [0.05, 0.1) is 13.0 Å². The molecule has 0 heterocycles. The number of hydrogen-bond donors (Lipinski definition) is 1. The number of ether oxygens (including phenoxy) is 1. The van der Waals surface area contributed by atoms with E-state index in [1.165, 1.54) is 0 Å². The first-order valence-corrected chi connectivity index (χ1v) is 8.66. The van der Waals surface area contributed by atoms with Crippen LogP contribution in [0.15, 0.2) is 36.4 Å². The summed E-state index contributed by atoms with van der Waals surface area (Å²) in [5.74, 6) is 0.765. The molecule has 4 nitrogen and oxygen atoms in total. The topological polar surface area (TPSA) is 41.6 Å². The fraction of sp³-hybridized carbons (Fsp3) is 0.450. The van der Waals surface area contributed by atoms with Gasteiger partial charge >= 0.3 is 0 Å². The molecule has 4 heteroatoms. The molecular weight excluding hydrogens is 300 g/mol. The first kappa shape index (κ1) is 18.3. The zero-order valence-corrected chi connectivity index (χ0v) is 15.1. The number of nitrogens with one attached hydrogen (secondary N) is 1. The predicted molar refractivity (Wildman–Crippen MR) is 99.7 cm³/mol. The molecule has 0 aromatic heterocycles. The monoisotopic (exact) mass is 328 g/mol. The maximum atomic E-state index is 12.4. The largest absolute Gasteiger partial charge is 0.497 e. The van der Waals surface area contributed by atoms with Crippen LogP contribution in [0.2, 0.25) is 0 Å². The van der Waals surface area contributed by atoms with Gasteiger partial charge in [-0.25, -0.2) is 0 Å². The molecule has 0 aliphatic carbocycles. The minimum Gasteiger partial charge on any atom is -0.497 e. The Morgan fingerprint density at radius 3 is 2.46 bits per heavy atom. The Morgan fingerprint density at radius 2 is 1.79 bits per heavy atom. The molecule has 0 bridgehead atoms. The second kappa shape index (κ2) is 8.69. The quantitative estimate of drug-likeness (QED) is 0.807. The molecule has 0 saturated carbocycles. The van der Waals surface area contributed by atoms with Gasteiger partial charge in [-0.2, -0.15) is 0 Å². The summed E-state index contributed by atoms with van der Waals surface area (Å²) < 4.78 is 5.25. The molecule has 2 aromatic carbocycles. The highest BCUT2D eigenvalue weighted by atomic mass is 16.5. The van der Waals surface area contributed by atoms with Crippen molar-refractivity contribution in [3.63, 3.8) is 0 Å². The minimum atomic E-state index is -0.159. The second-order valence-corrected chi connectivity index (χ2v) is 6.01. The molecule has 0 fully saturated rings. The van der Waals surface area contributed by atoms with Crippen LogP contribution in [0.4, 0.5) is 0 Å². The van der Waals surface area contributed by atoms with Crippen molar-refractivity contribution < 1.29 is 9.53 Å². The fourth-order valence-corrected chi connectivity index (χ4v) is 2.82. The van der Waals surface area contributed by atoms with Gasteiger partial charge in [-0.05, 0) is 48.5 Å². The molecule has 24 heavy (non-hydrogen) atoms. The summed E-state index contributed by atoms with van der Waals surface area (Å²) in [5.41, 5.74) is 1.04. The van der Waals surface area contributed by atoms with Crippen molar-refractivity contribution in [3.8, 4) is 5.75 Å². The van der Waals surface area contributed by atoms with Crippen LogP contribution in [0.3, 0.4) is 0 Å². The van der Waals surface area contributed by atoms with E-state index in [0.29, 0.717) is 6.54 Å². The number of amides is 1. The number of fused-ring (bicyclic) bond motifs is 1. The third-order valence-corrected chi connectivity index (χ3v) is 4.59. The standard InChI is InChI=1S/C20H28N2O2/c1-5-22(6-2)12-11-21-20(23)15(3)16-7-8-18-14-19(24-4)10-9-17(18)13-16/h7-10,13-15H,5-6,11-12H2,1-4H3,(H,21,23). The maximum Gasteiger partial charge on any atom is 0.227 e. The van der Waals surface area contributed by atoms with E-state index in [9.17, 15) is 4.79 Å². The fourth-order valence-electron chi connectivity index (χ4n) is 2.82. The lowest BCUT2D eigenvalue weighted by atomic mass is 9.97. The van der Waals surface area contributed by atoms with Crippen LogP contribution in [0.25, 0.3) is 10.8 Å². The van der Waals surface area contributed by atoms with Gasteiger partial charge in [0.25, 0.3) is 0 Å². The van der Waals surface area contributed by atoms with Gasteiger partial charge < -0.3 is 15.0 Å². The molecule has 1 atom stereocenters. The molecule has 1 unspecified atom stereocenters. The molecular formula is C20H28N2O2. The molecule has 0 saturated heterocycles. The van der Waals surface area contributed by atoms with E-state index in [2.05, 4.69) is 30.1 Å². The summed E-state index contributed by atoms with van der Waals surface area (Å²) in [6, 6.07) is 12.1. The molecule has 0 aliphatic heterocycles. The summed E-state index contributed by atoms with van der Waals surface area (Å²) >= 11 is 0. The van der Waals surface area contributed by atoms with Gasteiger partial charge in [-0.3, -0.25) is 4.79 Å². The van der Waals surface area contributed by atoms with E-state index in [-0.39, 0.29) is 11.8 Å². The van der Waals surface area contributed by atoms with Crippen molar-refractivity contribution in [1.29, 1.82) is 0 Å². The number of carbonyl (C=O) groups excluding carboxylic acids is 1. The van der Waals surface area contributed by atoms with Gasteiger partial charge in [0.1, 0.15) is 5.75 Å². The highest BCUT2D eigenvalue weighted by molar-refractivity contribution is 5.88. The summed E-state index contributed by atoms with van der Waals surface area (Å²) in [5, 5.41) is 5.28. The SMILES string of the molecule is CCN(CC)CCNC(=O)C(C)c1ccc2cc(OC)ccc2c1. The molecule has 0 spiro atoms. The molecule has 2 rings (SSSR count). The Morgan fingerprint density at radius 1 is 1.12 bits per heavy atom. The summed E-state index contributed by atoms with van der Waals surface area (Å²) in [7, 11) is 1.67. The Bertz CT molecular complexity index is 680. The highest BCUT2D eigenvalue weighted by Crippen LogP contribution is 2.25. The number of nitrogens with zero attached hydrogens (tertiary/aromatic N) is 1. The Balaban J connectivity index is 2.01. The first-order chi connectivity index (χ1) is 11.6. The second-order valence-electron chi connectivity index (χ2n) is 6.01. The van der Waals surface area contributed by atoms with Gasteiger partial charge in [-0.15, -0.1) is 0 Å². The van der Waals surface area contributed by atoms with Crippen LogP contribution in [0.5, 0.6) is 5.75 Å². The lowest BCUT2D eigenvalue weighted by Crippen LogP contribution is -2.36. The van der Waals surface area contributed by atoms with Crippen LogP contribution < -0.4 is 10.1 Å². The van der Waals surface area contributed by atoms with Gasteiger partial charge in [0, 0.05) is 13.1 Å². The van der Waals surface area contributed by atoms with Crippen LogP contribution >= 0.6 is 0 Å². The van der Waals surface area contributed by atoms with E-state index in [4.69, 9.17) is 4.74 Å². The summed E-state index contributed by atoms with van der Waals surface area (Å²) in [6.45, 7) is 9.83. The summed E-state index contributed by atoms with van der Waals surface area (Å²) in [4.78, 5) is 14.7. The van der Waals surface area contributed by atoms with Crippen LogP contribution in [-0.2, 0) is 4.79 Å². The lowest BCUT2D eigenvalue weighted by Gasteiger charge is -2.19. The average Bonchev–Trinajstić information content (AvgIpc) is 2.63. The third kappa shape index (κ3) is 4.48. The number of benzene rings is 2. The Hall–Kier alpha value is -2.07. The van der Waals surface area contributed by atoms with Gasteiger partial charge in [-0.1, -0.05) is 38.1 Å². The predicted octanol–water partition coefficient (Wildman–Crippen LogP) is 3.41. The van der Waals surface area contributed by atoms with Crippen molar-refractivity contribution in [1.82, 2.24) is 10.2 Å². The number of rotatable bonds is 8. The number of carbonyl (C=O) groups is 1. The van der Waals surface area contributed by atoms with Crippen LogP contribution in [0, 0.1) is 0 Å². The summed E-state index contributed by atoms with van der Waals surface area (Å²) in [6.07, 6.45) is 0. The van der Waals surface area contributed by atoms with Crippen molar-refractivity contribution in [2.45, 2.75) is 26.7 Å². The highest BCUT2D eigenvalue weighted by Gasteiger charge is 2.15. The van der Waals surface area contributed by atoms with Crippen molar-refractivity contribution in [2.24, 2.45) is 0 Å². The van der Waals surface area contributed by atoms with Gasteiger partial charge in [0.15, 0.2) is 0 Å². The van der Waals surface area contributed by atoms with Crippen molar-refractivity contribution in [2.75, 3.05) is 33.3 Å². The lowest BCUT2D eigenvalue weighted by molar-refractivity contribution is -0.122. The van der Waals surface area contributed by atoms with E-state index < -0.39 is 0 Å².